The molecule has 0 aromatic heterocycles. The molecule has 0 aliphatic carbocycles. The van der Waals surface area contributed by atoms with Crippen molar-refractivity contribution in [2.75, 3.05) is 19.8 Å². The first-order chi connectivity index (χ1) is 5.68. The van der Waals surface area contributed by atoms with E-state index in [1.165, 1.54) is 0 Å². The lowest BCUT2D eigenvalue weighted by molar-refractivity contribution is -0.117. The maximum absolute atomic E-state index is 10.7. The minimum Gasteiger partial charge on any atom is -0.373 e. The van der Waals surface area contributed by atoms with Crippen LogP contribution in [0.5, 0.6) is 0 Å². The molecule has 12 heavy (non-hydrogen) atoms. The number of nitrogens with one attached hydrogen (secondary N) is 1. The summed E-state index contributed by atoms with van der Waals surface area (Å²) in [5.41, 5.74) is 0. The minimum absolute atomic E-state index is 0.0434. The monoisotopic (exact) mass is 170 g/mol. The van der Waals surface area contributed by atoms with Gasteiger partial charge in [0.15, 0.2) is 0 Å². The fraction of sp³-hybridized carbons (Fsp3) is 0.750. The molecule has 1 heterocycles. The molecule has 0 radical (unpaired) electrons. The van der Waals surface area contributed by atoms with Gasteiger partial charge < -0.3 is 10.1 Å². The summed E-state index contributed by atoms with van der Waals surface area (Å²) in [4.78, 5) is 14.6. The van der Waals surface area contributed by atoms with Gasteiger partial charge >= 0.3 is 0 Å². The van der Waals surface area contributed by atoms with E-state index >= 15 is 0 Å². The van der Waals surface area contributed by atoms with Gasteiger partial charge in [-0.1, -0.05) is 13.8 Å². The van der Waals surface area contributed by atoms with Crippen molar-refractivity contribution in [1.29, 1.82) is 0 Å². The Kier molecular flexibility index (Phi) is 3.22. The van der Waals surface area contributed by atoms with Gasteiger partial charge in [0, 0.05) is 6.61 Å². The molecule has 0 spiro atoms. The molecule has 4 heteroatoms. The standard InChI is InChI=1S/C8H14N2O2/c1-6(2)4-12-5-7-9-3-8(11)10-7/h6H,3-5H2,1-2H3,(H,9,10,11). The maximum atomic E-state index is 10.7. The van der Waals surface area contributed by atoms with Gasteiger partial charge in [0.2, 0.25) is 5.91 Å². The second-order valence-corrected chi connectivity index (χ2v) is 3.22. The Morgan fingerprint density at radius 3 is 2.92 bits per heavy atom. The van der Waals surface area contributed by atoms with Gasteiger partial charge in [-0.15, -0.1) is 0 Å². The Bertz CT molecular complexity index is 199. The molecule has 0 fully saturated rings. The van der Waals surface area contributed by atoms with Crippen molar-refractivity contribution in [1.82, 2.24) is 5.32 Å². The molecule has 0 saturated carbocycles. The Labute approximate surface area is 72.0 Å². The minimum atomic E-state index is -0.0434. The molecule has 0 saturated heterocycles. The number of rotatable bonds is 4. The number of hydrogen-bond acceptors (Lipinski definition) is 3. The first-order valence-electron chi connectivity index (χ1n) is 4.09. The third-order valence-corrected chi connectivity index (χ3v) is 1.39. The number of carbonyl (C=O) groups is 1. The summed E-state index contributed by atoms with van der Waals surface area (Å²) >= 11 is 0. The Balaban J connectivity index is 2.12. The molecule has 1 rings (SSSR count). The van der Waals surface area contributed by atoms with Crippen molar-refractivity contribution >= 4 is 11.7 Å². The SMILES string of the molecule is CC(C)COCC1=NCC(=O)N1. The van der Waals surface area contributed by atoms with Crippen LogP contribution in [0.3, 0.4) is 0 Å². The van der Waals surface area contributed by atoms with E-state index in [1.54, 1.807) is 0 Å². The van der Waals surface area contributed by atoms with Crippen LogP contribution in [0.4, 0.5) is 0 Å². The first kappa shape index (κ1) is 9.19. The van der Waals surface area contributed by atoms with E-state index in [0.717, 1.165) is 0 Å². The summed E-state index contributed by atoms with van der Waals surface area (Å²) in [5.74, 6) is 1.13. The molecule has 1 N–H and O–H groups in total. The average molecular weight is 170 g/mol. The number of ether oxygens (including phenoxy) is 1. The predicted molar refractivity (Wildman–Crippen MR) is 46.1 cm³/mol. The van der Waals surface area contributed by atoms with Crippen molar-refractivity contribution in [3.8, 4) is 0 Å². The zero-order chi connectivity index (χ0) is 8.97. The Morgan fingerprint density at radius 2 is 2.42 bits per heavy atom. The second-order valence-electron chi connectivity index (χ2n) is 3.22. The van der Waals surface area contributed by atoms with Gasteiger partial charge in [-0.3, -0.25) is 9.79 Å². The largest absolute Gasteiger partial charge is 0.373 e. The number of nitrogens with zero attached hydrogens (tertiary/aromatic N) is 1. The lowest BCUT2D eigenvalue weighted by atomic mass is 10.2. The summed E-state index contributed by atoms with van der Waals surface area (Å²) in [6, 6.07) is 0. The highest BCUT2D eigenvalue weighted by atomic mass is 16.5. The fourth-order valence-corrected chi connectivity index (χ4v) is 0.880. The molecule has 0 atom stereocenters. The normalized spacial score (nSPS) is 16.6. The predicted octanol–water partition coefficient (Wildman–Crippen LogP) is 0.187. The highest BCUT2D eigenvalue weighted by Crippen LogP contribution is 1.94. The summed E-state index contributed by atoms with van der Waals surface area (Å²) < 4.78 is 5.28. The van der Waals surface area contributed by atoms with Crippen LogP contribution in [0.25, 0.3) is 0 Å². The Morgan fingerprint density at radius 1 is 1.67 bits per heavy atom. The smallest absolute Gasteiger partial charge is 0.247 e. The van der Waals surface area contributed by atoms with Crippen LogP contribution in [0, 0.1) is 5.92 Å². The van der Waals surface area contributed by atoms with Crippen molar-refractivity contribution < 1.29 is 9.53 Å². The quantitative estimate of drug-likeness (QED) is 0.654. The van der Waals surface area contributed by atoms with E-state index in [-0.39, 0.29) is 12.5 Å². The molecule has 1 amide bonds. The van der Waals surface area contributed by atoms with Gasteiger partial charge in [0.05, 0.1) is 0 Å². The lowest BCUT2D eigenvalue weighted by Gasteiger charge is -2.05. The molecule has 0 unspecified atom stereocenters. The summed E-state index contributed by atoms with van der Waals surface area (Å²) in [6.07, 6.45) is 0. The van der Waals surface area contributed by atoms with E-state index in [9.17, 15) is 4.79 Å². The number of aliphatic imine (C=N–C) groups is 1. The summed E-state index contributed by atoms with van der Waals surface area (Å²) in [6.45, 7) is 5.53. The van der Waals surface area contributed by atoms with Crippen LogP contribution in [0.2, 0.25) is 0 Å². The van der Waals surface area contributed by atoms with E-state index in [1.807, 2.05) is 0 Å². The Hall–Kier alpha value is -0.900. The van der Waals surface area contributed by atoms with Crippen LogP contribution in [-0.2, 0) is 9.53 Å². The van der Waals surface area contributed by atoms with Crippen LogP contribution >= 0.6 is 0 Å². The highest BCUT2D eigenvalue weighted by molar-refractivity contribution is 6.04. The van der Waals surface area contributed by atoms with Gasteiger partial charge in [-0.2, -0.15) is 0 Å². The molecular weight excluding hydrogens is 156 g/mol. The molecule has 1 aliphatic rings. The van der Waals surface area contributed by atoms with Crippen molar-refractivity contribution in [2.45, 2.75) is 13.8 Å². The first-order valence-corrected chi connectivity index (χ1v) is 4.09. The van der Waals surface area contributed by atoms with Crippen LogP contribution in [0.15, 0.2) is 4.99 Å². The fourth-order valence-electron chi connectivity index (χ4n) is 0.880. The topological polar surface area (TPSA) is 50.7 Å². The number of amides is 1. The van der Waals surface area contributed by atoms with Crippen LogP contribution in [-0.4, -0.2) is 31.5 Å². The van der Waals surface area contributed by atoms with Gasteiger partial charge in [-0.05, 0) is 5.92 Å². The van der Waals surface area contributed by atoms with Crippen molar-refractivity contribution in [2.24, 2.45) is 10.9 Å². The lowest BCUT2D eigenvalue weighted by Crippen LogP contribution is -2.28. The zero-order valence-corrected chi connectivity index (χ0v) is 7.46. The third-order valence-electron chi connectivity index (χ3n) is 1.39. The van der Waals surface area contributed by atoms with E-state index in [0.29, 0.717) is 25.0 Å². The summed E-state index contributed by atoms with van der Waals surface area (Å²) in [7, 11) is 0. The van der Waals surface area contributed by atoms with Gasteiger partial charge in [0.1, 0.15) is 19.0 Å². The van der Waals surface area contributed by atoms with E-state index in [4.69, 9.17) is 4.74 Å². The molecule has 0 aromatic carbocycles. The zero-order valence-electron chi connectivity index (χ0n) is 7.46. The number of carbonyl (C=O) groups excluding carboxylic acids is 1. The van der Waals surface area contributed by atoms with Gasteiger partial charge in [-0.25, -0.2) is 0 Å². The maximum Gasteiger partial charge on any atom is 0.247 e. The van der Waals surface area contributed by atoms with Crippen molar-refractivity contribution in [3.63, 3.8) is 0 Å². The molecule has 0 bridgehead atoms. The highest BCUT2D eigenvalue weighted by Gasteiger charge is 2.12. The molecule has 1 aliphatic heterocycles. The van der Waals surface area contributed by atoms with E-state index in [2.05, 4.69) is 24.2 Å². The summed E-state index contributed by atoms with van der Waals surface area (Å²) in [5, 5.41) is 2.61. The van der Waals surface area contributed by atoms with Gasteiger partial charge in [0.25, 0.3) is 0 Å². The molecule has 68 valence electrons. The van der Waals surface area contributed by atoms with E-state index < -0.39 is 0 Å². The molecule has 0 aromatic rings. The molecular formula is C8H14N2O2. The van der Waals surface area contributed by atoms with Crippen LogP contribution < -0.4 is 5.32 Å². The molecule has 4 nitrogen and oxygen atoms in total. The third kappa shape index (κ3) is 3.00. The number of hydrogen-bond donors (Lipinski definition) is 1. The second kappa shape index (κ2) is 4.21. The number of amidine groups is 1. The van der Waals surface area contributed by atoms with Crippen molar-refractivity contribution in [3.05, 3.63) is 0 Å². The van der Waals surface area contributed by atoms with Crippen LogP contribution in [0.1, 0.15) is 13.8 Å². The average Bonchev–Trinajstić information content (AvgIpc) is 2.35.